The van der Waals surface area contributed by atoms with Crippen molar-refractivity contribution in [1.82, 2.24) is 4.90 Å². The van der Waals surface area contributed by atoms with E-state index in [4.69, 9.17) is 11.6 Å². The van der Waals surface area contributed by atoms with Gasteiger partial charge in [-0.3, -0.25) is 19.3 Å². The minimum Gasteiger partial charge on any atom is -0.324 e. The van der Waals surface area contributed by atoms with Gasteiger partial charge in [-0.25, -0.2) is 4.90 Å². The van der Waals surface area contributed by atoms with E-state index in [0.717, 1.165) is 41.6 Å². The van der Waals surface area contributed by atoms with Crippen molar-refractivity contribution in [3.05, 3.63) is 58.1 Å². The SMILES string of the molecule is CCc1cccc2c1NC(=O)C21C2C(=O)N(c3cc(Cl)ccc3C)C(=O)C2C2CCCN21. The van der Waals surface area contributed by atoms with Gasteiger partial charge < -0.3 is 5.32 Å². The highest BCUT2D eigenvalue weighted by molar-refractivity contribution is 6.32. The molecule has 7 heteroatoms. The average molecular weight is 450 g/mol. The van der Waals surface area contributed by atoms with Crippen molar-refractivity contribution in [2.75, 3.05) is 16.8 Å². The number of benzene rings is 2. The van der Waals surface area contributed by atoms with E-state index in [1.807, 2.05) is 31.2 Å². The number of rotatable bonds is 2. The minimum absolute atomic E-state index is 0.122. The fourth-order valence-electron chi connectivity index (χ4n) is 6.65. The Bertz CT molecular complexity index is 1210. The zero-order valence-electron chi connectivity index (χ0n) is 18.0. The first-order valence-electron chi connectivity index (χ1n) is 11.3. The molecule has 4 atom stereocenters. The topological polar surface area (TPSA) is 69.7 Å². The number of para-hydroxylation sites is 1. The second-order valence-electron chi connectivity index (χ2n) is 9.26. The van der Waals surface area contributed by atoms with Gasteiger partial charge >= 0.3 is 0 Å². The first-order chi connectivity index (χ1) is 15.4. The van der Waals surface area contributed by atoms with Gasteiger partial charge in [-0.15, -0.1) is 0 Å². The molecule has 6 rings (SSSR count). The van der Waals surface area contributed by atoms with Crippen LogP contribution in [0, 0.1) is 18.8 Å². The third kappa shape index (κ3) is 2.22. The Kier molecular flexibility index (Phi) is 4.15. The van der Waals surface area contributed by atoms with Crippen LogP contribution in [0.1, 0.15) is 36.5 Å². The van der Waals surface area contributed by atoms with Gasteiger partial charge in [-0.2, -0.15) is 0 Å². The summed E-state index contributed by atoms with van der Waals surface area (Å²) in [7, 11) is 0. The van der Waals surface area contributed by atoms with Crippen LogP contribution in [-0.2, 0) is 26.3 Å². The smallest absolute Gasteiger partial charge is 0.250 e. The summed E-state index contributed by atoms with van der Waals surface area (Å²) in [6.45, 7) is 4.62. The van der Waals surface area contributed by atoms with Gasteiger partial charge in [0, 0.05) is 22.3 Å². The molecule has 3 fully saturated rings. The number of hydrogen-bond donors (Lipinski definition) is 1. The predicted octanol–water partition coefficient (Wildman–Crippen LogP) is 3.64. The van der Waals surface area contributed by atoms with E-state index in [2.05, 4.69) is 17.1 Å². The molecule has 0 aromatic heterocycles. The molecule has 6 nitrogen and oxygen atoms in total. The highest BCUT2D eigenvalue weighted by atomic mass is 35.5. The Hall–Kier alpha value is -2.70. The van der Waals surface area contributed by atoms with Gasteiger partial charge in [0.05, 0.1) is 17.5 Å². The molecule has 0 saturated carbocycles. The first kappa shape index (κ1) is 19.9. The second kappa shape index (κ2) is 6.65. The molecule has 0 bridgehead atoms. The van der Waals surface area contributed by atoms with Crippen LogP contribution >= 0.6 is 11.6 Å². The first-order valence-corrected chi connectivity index (χ1v) is 11.6. The molecule has 0 radical (unpaired) electrons. The maximum absolute atomic E-state index is 14.0. The average Bonchev–Trinajstić information content (AvgIpc) is 3.48. The van der Waals surface area contributed by atoms with Gasteiger partial charge in [0.25, 0.3) is 0 Å². The number of carbonyl (C=O) groups is 3. The number of amides is 3. The van der Waals surface area contributed by atoms with E-state index in [0.29, 0.717) is 17.3 Å². The molecule has 3 saturated heterocycles. The summed E-state index contributed by atoms with van der Waals surface area (Å²) in [5, 5.41) is 3.57. The highest BCUT2D eigenvalue weighted by Gasteiger charge is 2.74. The number of halogens is 1. The fraction of sp³-hybridized carbons (Fsp3) is 0.400. The number of carbonyl (C=O) groups excluding carboxylic acids is 3. The summed E-state index contributed by atoms with van der Waals surface area (Å²) in [6.07, 6.45) is 2.49. The van der Waals surface area contributed by atoms with Crippen LogP contribution in [0.15, 0.2) is 36.4 Å². The molecule has 32 heavy (non-hydrogen) atoms. The largest absolute Gasteiger partial charge is 0.324 e. The van der Waals surface area contributed by atoms with Crippen molar-refractivity contribution in [3.63, 3.8) is 0 Å². The molecule has 2 aromatic carbocycles. The van der Waals surface area contributed by atoms with Gasteiger partial charge in [0.15, 0.2) is 0 Å². The summed E-state index contributed by atoms with van der Waals surface area (Å²) in [5.74, 6) is -1.98. The molecular weight excluding hydrogens is 426 g/mol. The van der Waals surface area contributed by atoms with E-state index in [9.17, 15) is 14.4 Å². The quantitative estimate of drug-likeness (QED) is 0.710. The number of fused-ring (bicyclic) bond motifs is 7. The predicted molar refractivity (Wildman–Crippen MR) is 122 cm³/mol. The van der Waals surface area contributed by atoms with Gasteiger partial charge in [-0.05, 0) is 56.0 Å². The van der Waals surface area contributed by atoms with Crippen LogP contribution in [-0.4, -0.2) is 35.2 Å². The zero-order valence-corrected chi connectivity index (χ0v) is 18.8. The maximum atomic E-state index is 14.0. The number of anilines is 2. The number of nitrogens with zero attached hydrogens (tertiary/aromatic N) is 2. The molecule has 1 spiro atoms. The van der Waals surface area contributed by atoms with Crippen molar-refractivity contribution < 1.29 is 14.4 Å². The second-order valence-corrected chi connectivity index (χ2v) is 9.70. The third-order valence-electron chi connectivity index (χ3n) is 7.91. The van der Waals surface area contributed by atoms with Crippen LogP contribution in [0.4, 0.5) is 11.4 Å². The van der Waals surface area contributed by atoms with Crippen molar-refractivity contribution in [1.29, 1.82) is 0 Å². The summed E-state index contributed by atoms with van der Waals surface area (Å²) in [5.41, 5.74) is 2.88. The van der Waals surface area contributed by atoms with Gasteiger partial charge in [0.1, 0.15) is 5.54 Å². The van der Waals surface area contributed by atoms with E-state index >= 15 is 0 Å². The molecule has 4 unspecified atom stereocenters. The standard InChI is InChI=1S/C25H24ClN3O3/c1-3-14-6-4-7-16-21(14)27-24(32)25(16)20-19(17-8-5-11-28(17)25)22(30)29(23(20)31)18-12-15(26)10-9-13(18)2/h4,6-7,9-10,12,17,19-20H,3,5,8,11H2,1-2H3,(H,27,32). The molecule has 2 aromatic rings. The highest BCUT2D eigenvalue weighted by Crippen LogP contribution is 2.61. The van der Waals surface area contributed by atoms with Crippen LogP contribution in [0.25, 0.3) is 0 Å². The Morgan fingerprint density at radius 2 is 1.97 bits per heavy atom. The third-order valence-corrected chi connectivity index (χ3v) is 8.14. The molecule has 0 aliphatic carbocycles. The molecule has 4 heterocycles. The zero-order chi connectivity index (χ0) is 22.4. The Labute approximate surface area is 191 Å². The van der Waals surface area contributed by atoms with Crippen LogP contribution in [0.3, 0.4) is 0 Å². The fourth-order valence-corrected chi connectivity index (χ4v) is 6.81. The van der Waals surface area contributed by atoms with E-state index in [1.165, 1.54) is 4.90 Å². The number of aryl methyl sites for hydroxylation is 2. The lowest BCUT2D eigenvalue weighted by molar-refractivity contribution is -0.135. The summed E-state index contributed by atoms with van der Waals surface area (Å²) in [4.78, 5) is 45.0. The van der Waals surface area contributed by atoms with Crippen molar-refractivity contribution in [2.24, 2.45) is 11.8 Å². The Morgan fingerprint density at radius 1 is 1.16 bits per heavy atom. The van der Waals surface area contributed by atoms with Gasteiger partial charge in [-0.1, -0.05) is 42.8 Å². The molecule has 4 aliphatic rings. The molecule has 1 N–H and O–H groups in total. The normalized spacial score (nSPS) is 30.8. The van der Waals surface area contributed by atoms with E-state index < -0.39 is 17.4 Å². The Balaban J connectivity index is 1.57. The van der Waals surface area contributed by atoms with Crippen LogP contribution in [0.5, 0.6) is 0 Å². The minimum atomic E-state index is -1.14. The van der Waals surface area contributed by atoms with Crippen LogP contribution in [0.2, 0.25) is 5.02 Å². The lowest BCUT2D eigenvalue weighted by atomic mass is 9.75. The van der Waals surface area contributed by atoms with Gasteiger partial charge in [0.2, 0.25) is 17.7 Å². The Morgan fingerprint density at radius 3 is 2.75 bits per heavy atom. The van der Waals surface area contributed by atoms with Crippen molar-refractivity contribution >= 4 is 40.7 Å². The molecule has 164 valence electrons. The summed E-state index contributed by atoms with van der Waals surface area (Å²) < 4.78 is 0. The van der Waals surface area contributed by atoms with Crippen LogP contribution < -0.4 is 10.2 Å². The van der Waals surface area contributed by atoms with Crippen molar-refractivity contribution in [2.45, 2.75) is 44.7 Å². The monoisotopic (exact) mass is 449 g/mol. The number of imide groups is 1. The van der Waals surface area contributed by atoms with Crippen molar-refractivity contribution in [3.8, 4) is 0 Å². The molecule has 4 aliphatic heterocycles. The van der Waals surface area contributed by atoms with E-state index in [-0.39, 0.29) is 23.8 Å². The maximum Gasteiger partial charge on any atom is 0.250 e. The lowest BCUT2D eigenvalue weighted by Crippen LogP contribution is -2.54. The summed E-state index contributed by atoms with van der Waals surface area (Å²) >= 11 is 6.22. The number of hydrogen-bond acceptors (Lipinski definition) is 4. The molecule has 3 amide bonds. The number of nitrogens with one attached hydrogen (secondary N) is 1. The molecular formula is C25H24ClN3O3. The van der Waals surface area contributed by atoms with E-state index in [1.54, 1.807) is 12.1 Å². The summed E-state index contributed by atoms with van der Waals surface area (Å²) in [6, 6.07) is 11.0. The lowest BCUT2D eigenvalue weighted by Gasteiger charge is -2.36.